The molecule has 1 rings (SSSR count). The topological polar surface area (TPSA) is 54.4 Å². The predicted octanol–water partition coefficient (Wildman–Crippen LogP) is 2.25. The van der Waals surface area contributed by atoms with E-state index in [2.05, 4.69) is 0 Å². The maximum atomic E-state index is 12.4. The molecule has 0 fully saturated rings. The minimum Gasteiger partial charge on any atom is -0.395 e. The van der Waals surface area contributed by atoms with E-state index >= 15 is 0 Å². The van der Waals surface area contributed by atoms with Gasteiger partial charge in [0.05, 0.1) is 11.5 Å². The highest BCUT2D eigenvalue weighted by molar-refractivity contribution is 7.92. The molecule has 0 saturated heterocycles. The molecule has 3 nitrogen and oxygen atoms in total. The van der Waals surface area contributed by atoms with E-state index in [4.69, 9.17) is 5.11 Å². The summed E-state index contributed by atoms with van der Waals surface area (Å²) < 4.78 is 59.6. The molecule has 1 aromatic carbocycles. The summed E-state index contributed by atoms with van der Waals surface area (Å²) in [6.45, 7) is 2.90. The van der Waals surface area contributed by atoms with Crippen LogP contribution in [0.2, 0.25) is 0 Å². The van der Waals surface area contributed by atoms with Gasteiger partial charge >= 0.3 is 5.51 Å². The summed E-state index contributed by atoms with van der Waals surface area (Å²) >= 11 is 0. The number of alkyl halides is 3. The Morgan fingerprint density at radius 2 is 1.78 bits per heavy atom. The molecule has 0 bridgehead atoms. The first kappa shape index (κ1) is 15.0. The van der Waals surface area contributed by atoms with E-state index in [1.165, 1.54) is 12.1 Å². The Hall–Kier alpha value is -1.08. The second-order valence-corrected chi connectivity index (χ2v) is 6.46. The first-order valence-corrected chi connectivity index (χ1v) is 6.53. The van der Waals surface area contributed by atoms with E-state index in [0.717, 1.165) is 12.1 Å². The van der Waals surface area contributed by atoms with E-state index < -0.39 is 25.7 Å². The Bertz CT molecular complexity index is 533. The van der Waals surface area contributed by atoms with Crippen LogP contribution in [0.4, 0.5) is 13.2 Å². The zero-order valence-electron chi connectivity index (χ0n) is 9.82. The lowest BCUT2D eigenvalue weighted by molar-refractivity contribution is -0.0436. The normalized spacial score (nSPS) is 13.7. The van der Waals surface area contributed by atoms with Crippen LogP contribution < -0.4 is 0 Å². The molecule has 0 heterocycles. The molecule has 0 aliphatic carbocycles. The molecule has 0 unspecified atom stereocenters. The van der Waals surface area contributed by atoms with E-state index in [-0.39, 0.29) is 6.61 Å². The Morgan fingerprint density at radius 3 is 2.22 bits per heavy atom. The molecule has 0 aliphatic heterocycles. The number of aliphatic hydroxyl groups excluding tert-OH is 1. The van der Waals surface area contributed by atoms with E-state index in [0.29, 0.717) is 5.56 Å². The quantitative estimate of drug-likeness (QED) is 0.925. The Balaban J connectivity index is 3.36. The molecule has 0 saturated carbocycles. The summed E-state index contributed by atoms with van der Waals surface area (Å²) in [5.74, 6) is 0. The lowest BCUT2D eigenvalue weighted by Gasteiger charge is -2.22. The van der Waals surface area contributed by atoms with Crippen LogP contribution in [-0.2, 0) is 15.3 Å². The summed E-state index contributed by atoms with van der Waals surface area (Å²) in [5, 5.41) is 9.13. The molecule has 0 amide bonds. The highest BCUT2D eigenvalue weighted by atomic mass is 32.2. The van der Waals surface area contributed by atoms with Gasteiger partial charge in [0.1, 0.15) is 0 Å². The second-order valence-electron chi connectivity index (χ2n) is 4.52. The predicted molar refractivity (Wildman–Crippen MR) is 59.8 cm³/mol. The fourth-order valence-corrected chi connectivity index (χ4v) is 2.12. The van der Waals surface area contributed by atoms with Crippen molar-refractivity contribution in [2.75, 3.05) is 6.61 Å². The van der Waals surface area contributed by atoms with Crippen LogP contribution >= 0.6 is 0 Å². The summed E-state index contributed by atoms with van der Waals surface area (Å²) in [5.41, 5.74) is -5.80. The molecular weight excluding hydrogens is 269 g/mol. The van der Waals surface area contributed by atoms with Crippen LogP contribution in [0.15, 0.2) is 29.2 Å². The van der Waals surface area contributed by atoms with E-state index in [9.17, 15) is 21.6 Å². The molecule has 0 aromatic heterocycles. The van der Waals surface area contributed by atoms with Crippen LogP contribution in [0.25, 0.3) is 0 Å². The van der Waals surface area contributed by atoms with Crippen molar-refractivity contribution in [3.8, 4) is 0 Å². The maximum Gasteiger partial charge on any atom is 0.501 e. The number of hydrogen-bond donors (Lipinski definition) is 1. The zero-order valence-corrected chi connectivity index (χ0v) is 10.6. The van der Waals surface area contributed by atoms with Gasteiger partial charge in [-0.05, 0) is 17.7 Å². The maximum absolute atomic E-state index is 12.4. The minimum atomic E-state index is -5.35. The molecular formula is C11H13F3O3S. The average Bonchev–Trinajstić information content (AvgIpc) is 2.27. The highest BCUT2D eigenvalue weighted by Gasteiger charge is 2.47. The van der Waals surface area contributed by atoms with Crippen molar-refractivity contribution in [2.45, 2.75) is 29.7 Å². The summed E-state index contributed by atoms with van der Waals surface area (Å²) in [6.07, 6.45) is 0. The van der Waals surface area contributed by atoms with Crippen molar-refractivity contribution in [3.63, 3.8) is 0 Å². The van der Waals surface area contributed by atoms with Gasteiger partial charge in [-0.15, -0.1) is 0 Å². The second kappa shape index (κ2) is 4.55. The SMILES string of the molecule is CC(C)(CO)c1cccc(S(=O)(=O)C(F)(F)F)c1. The van der Waals surface area contributed by atoms with Crippen molar-refractivity contribution in [3.05, 3.63) is 29.8 Å². The van der Waals surface area contributed by atoms with Gasteiger partial charge in [-0.3, -0.25) is 0 Å². The zero-order chi connectivity index (χ0) is 14.2. The summed E-state index contributed by atoms with van der Waals surface area (Å²) in [4.78, 5) is -0.811. The Kier molecular flexibility index (Phi) is 3.78. The number of sulfone groups is 1. The van der Waals surface area contributed by atoms with Crippen LogP contribution in [0.1, 0.15) is 19.4 Å². The number of rotatable bonds is 3. The molecule has 1 aromatic rings. The molecule has 7 heteroatoms. The van der Waals surface area contributed by atoms with Gasteiger partial charge in [0, 0.05) is 5.41 Å². The van der Waals surface area contributed by atoms with Gasteiger partial charge in [-0.1, -0.05) is 26.0 Å². The van der Waals surface area contributed by atoms with Crippen molar-refractivity contribution < 1.29 is 26.7 Å². The molecule has 0 spiro atoms. The van der Waals surface area contributed by atoms with Crippen molar-refractivity contribution in [1.82, 2.24) is 0 Å². The number of benzene rings is 1. The molecule has 0 atom stereocenters. The number of aliphatic hydroxyl groups is 1. The van der Waals surface area contributed by atoms with Gasteiger partial charge in [0.2, 0.25) is 0 Å². The van der Waals surface area contributed by atoms with Crippen LogP contribution in [0.5, 0.6) is 0 Å². The summed E-state index contributed by atoms with van der Waals surface area (Å²) in [7, 11) is -5.35. The van der Waals surface area contributed by atoms with Gasteiger partial charge in [0.25, 0.3) is 9.84 Å². The molecule has 1 N–H and O–H groups in total. The van der Waals surface area contributed by atoms with E-state index in [1.54, 1.807) is 13.8 Å². The van der Waals surface area contributed by atoms with Gasteiger partial charge < -0.3 is 5.11 Å². The van der Waals surface area contributed by atoms with Crippen LogP contribution in [-0.4, -0.2) is 25.6 Å². The van der Waals surface area contributed by atoms with Crippen molar-refractivity contribution in [1.29, 1.82) is 0 Å². The first-order valence-electron chi connectivity index (χ1n) is 5.05. The van der Waals surface area contributed by atoms with Gasteiger partial charge in [-0.2, -0.15) is 13.2 Å². The average molecular weight is 282 g/mol. The van der Waals surface area contributed by atoms with Crippen molar-refractivity contribution in [2.24, 2.45) is 0 Å². The fourth-order valence-electron chi connectivity index (χ4n) is 1.31. The standard InChI is InChI=1S/C11H13F3O3S/c1-10(2,7-15)8-4-3-5-9(6-8)18(16,17)11(12,13)14/h3-6,15H,7H2,1-2H3. The van der Waals surface area contributed by atoms with Crippen LogP contribution in [0.3, 0.4) is 0 Å². The lowest BCUT2D eigenvalue weighted by Crippen LogP contribution is -2.25. The van der Waals surface area contributed by atoms with Crippen molar-refractivity contribution >= 4 is 9.84 Å². The first-order chi connectivity index (χ1) is 8.02. The smallest absolute Gasteiger partial charge is 0.395 e. The third kappa shape index (κ3) is 2.67. The summed E-state index contributed by atoms with van der Waals surface area (Å²) in [6, 6.07) is 4.54. The third-order valence-electron chi connectivity index (χ3n) is 2.63. The fraction of sp³-hybridized carbons (Fsp3) is 0.455. The van der Waals surface area contributed by atoms with Gasteiger partial charge in [-0.25, -0.2) is 8.42 Å². The molecule has 0 aliphatic rings. The Labute approximate surface area is 103 Å². The third-order valence-corrected chi connectivity index (χ3v) is 4.11. The molecule has 102 valence electrons. The van der Waals surface area contributed by atoms with Crippen LogP contribution in [0, 0.1) is 0 Å². The molecule has 0 radical (unpaired) electrons. The van der Waals surface area contributed by atoms with E-state index in [1.807, 2.05) is 0 Å². The Morgan fingerprint density at radius 1 is 1.22 bits per heavy atom. The van der Waals surface area contributed by atoms with Gasteiger partial charge in [0.15, 0.2) is 0 Å². The monoisotopic (exact) mass is 282 g/mol. The number of halogens is 3. The lowest BCUT2D eigenvalue weighted by atomic mass is 9.86. The highest BCUT2D eigenvalue weighted by Crippen LogP contribution is 2.32. The molecule has 18 heavy (non-hydrogen) atoms. The number of hydrogen-bond acceptors (Lipinski definition) is 3. The largest absolute Gasteiger partial charge is 0.501 e. The minimum absolute atomic E-state index is 0.303.